The maximum absolute atomic E-state index is 13.2. The number of methoxy groups -OCH3 is 1. The minimum Gasteiger partial charge on any atom is -0.491 e. The predicted molar refractivity (Wildman–Crippen MR) is 143 cm³/mol. The quantitative estimate of drug-likeness (QED) is 0.479. The van der Waals surface area contributed by atoms with Crippen LogP contribution in [0.1, 0.15) is 10.4 Å². The average molecular weight is 551 g/mol. The number of rotatable bonds is 5. The molecule has 188 valence electrons. The first-order chi connectivity index (χ1) is 15.1. The molecule has 0 aromatic carbocycles. The van der Waals surface area contributed by atoms with Crippen LogP contribution in [0.15, 0.2) is 23.6 Å². The molecule has 3 aromatic heterocycles. The van der Waals surface area contributed by atoms with Gasteiger partial charge in [0, 0.05) is 57.2 Å². The molecule has 0 N–H and O–H groups in total. The summed E-state index contributed by atoms with van der Waals surface area (Å²) in [5, 5.41) is 0.844. The number of aromatic nitrogens is 4. The van der Waals surface area contributed by atoms with Crippen molar-refractivity contribution >= 4 is 64.6 Å². The highest BCUT2D eigenvalue weighted by molar-refractivity contribution is 7.18. The first kappa shape index (κ1) is 28.5. The largest absolute Gasteiger partial charge is 0.491 e. The fourth-order valence-corrected chi connectivity index (χ4v) is 5.69. The molecule has 5 heterocycles. The lowest BCUT2D eigenvalue weighted by atomic mass is 10.1. The summed E-state index contributed by atoms with van der Waals surface area (Å²) in [7, 11) is 3.77. The van der Waals surface area contributed by atoms with Crippen molar-refractivity contribution in [3.05, 3.63) is 39.6 Å². The van der Waals surface area contributed by atoms with Crippen molar-refractivity contribution in [1.29, 1.82) is 0 Å². The molecule has 9 nitrogen and oxygen atoms in total. The van der Waals surface area contributed by atoms with E-state index in [-0.39, 0.29) is 42.8 Å². The Hall–Kier alpha value is -1.69. The average Bonchev–Trinajstić information content (AvgIpc) is 3.17. The molecule has 0 bridgehead atoms. The second-order valence-corrected chi connectivity index (χ2v) is 9.24. The van der Waals surface area contributed by atoms with Gasteiger partial charge in [0.25, 0.3) is 5.56 Å². The van der Waals surface area contributed by atoms with Crippen molar-refractivity contribution in [3.63, 3.8) is 0 Å². The number of hydrogen-bond acceptors (Lipinski definition) is 9. The highest BCUT2D eigenvalue weighted by Gasteiger charge is 2.23. The van der Waals surface area contributed by atoms with Crippen LogP contribution in [0.25, 0.3) is 10.2 Å². The normalized spacial score (nSPS) is 16.2. The van der Waals surface area contributed by atoms with E-state index >= 15 is 0 Å². The van der Waals surface area contributed by atoms with E-state index in [1.807, 2.05) is 0 Å². The zero-order valence-corrected chi connectivity index (χ0v) is 22.4. The summed E-state index contributed by atoms with van der Waals surface area (Å²) in [6, 6.07) is 0. The number of ether oxygens (including phenoxy) is 1. The van der Waals surface area contributed by atoms with Crippen molar-refractivity contribution in [2.45, 2.75) is 19.5 Å². The van der Waals surface area contributed by atoms with Crippen LogP contribution in [0.4, 0.5) is 5.82 Å². The van der Waals surface area contributed by atoms with Gasteiger partial charge in [-0.1, -0.05) is 0 Å². The summed E-state index contributed by atoms with van der Waals surface area (Å²) in [5.74, 6) is 1.54. The number of halogens is 3. The summed E-state index contributed by atoms with van der Waals surface area (Å²) in [5.41, 5.74) is 1.33. The summed E-state index contributed by atoms with van der Waals surface area (Å²) in [4.78, 5) is 35.3. The fraction of sp³-hybridized carbons (Fsp3) is 0.524. The van der Waals surface area contributed by atoms with Crippen LogP contribution < -0.4 is 15.2 Å². The summed E-state index contributed by atoms with van der Waals surface area (Å²) < 4.78 is 7.18. The molecule has 0 spiro atoms. The van der Waals surface area contributed by atoms with Gasteiger partial charge in [0.1, 0.15) is 11.2 Å². The molecule has 0 amide bonds. The fourth-order valence-electron chi connectivity index (χ4n) is 4.43. The first-order valence-corrected chi connectivity index (χ1v) is 11.4. The van der Waals surface area contributed by atoms with Crippen LogP contribution in [-0.4, -0.2) is 82.7 Å². The number of likely N-dealkylation sites (N-methyl/N-ethyl adjacent to an activating group) is 1. The molecule has 1 saturated heterocycles. The highest BCUT2D eigenvalue weighted by atomic mass is 35.5. The van der Waals surface area contributed by atoms with Gasteiger partial charge < -0.3 is 14.5 Å². The molecule has 13 heteroatoms. The molecule has 0 radical (unpaired) electrons. The molecule has 2 aliphatic heterocycles. The number of anilines is 1. The van der Waals surface area contributed by atoms with E-state index in [1.54, 1.807) is 41.9 Å². The van der Waals surface area contributed by atoms with Gasteiger partial charge in [-0.05, 0) is 19.0 Å². The number of fused-ring (bicyclic) bond motifs is 3. The van der Waals surface area contributed by atoms with Gasteiger partial charge in [0.15, 0.2) is 11.6 Å². The van der Waals surface area contributed by atoms with E-state index in [1.165, 1.54) is 10.4 Å². The molecule has 3 aromatic rings. The van der Waals surface area contributed by atoms with Crippen LogP contribution >= 0.6 is 48.6 Å². The van der Waals surface area contributed by atoms with Crippen LogP contribution in [0.3, 0.4) is 0 Å². The lowest BCUT2D eigenvalue weighted by Gasteiger charge is -2.35. The van der Waals surface area contributed by atoms with Crippen LogP contribution in [0, 0.1) is 0 Å². The van der Waals surface area contributed by atoms with Crippen molar-refractivity contribution in [3.8, 4) is 5.75 Å². The lowest BCUT2D eigenvalue weighted by molar-refractivity contribution is 0.245. The maximum Gasteiger partial charge on any atom is 0.262 e. The van der Waals surface area contributed by atoms with Gasteiger partial charge in [-0.3, -0.25) is 14.3 Å². The monoisotopic (exact) mass is 549 g/mol. The summed E-state index contributed by atoms with van der Waals surface area (Å²) in [6.45, 7) is 6.96. The van der Waals surface area contributed by atoms with Crippen molar-refractivity contribution in [2.75, 3.05) is 58.3 Å². The smallest absolute Gasteiger partial charge is 0.262 e. The Morgan fingerprint density at radius 1 is 1.06 bits per heavy atom. The Balaban J connectivity index is 0.00000136. The molecule has 0 unspecified atom stereocenters. The number of nitrogens with zero attached hydrogens (tertiary/aromatic N) is 7. The third-order valence-corrected chi connectivity index (χ3v) is 7.35. The molecule has 5 rings (SSSR count). The Morgan fingerprint density at radius 3 is 2.56 bits per heavy atom. The minimum absolute atomic E-state index is 0. The minimum atomic E-state index is 0. The van der Waals surface area contributed by atoms with Gasteiger partial charge in [-0.25, -0.2) is 15.0 Å². The van der Waals surface area contributed by atoms with E-state index in [9.17, 15) is 4.79 Å². The van der Waals surface area contributed by atoms with E-state index in [0.717, 1.165) is 68.3 Å². The van der Waals surface area contributed by atoms with Crippen molar-refractivity contribution < 1.29 is 4.74 Å². The molecular weight excluding hydrogens is 521 g/mol. The van der Waals surface area contributed by atoms with Gasteiger partial charge in [-0.15, -0.1) is 48.6 Å². The summed E-state index contributed by atoms with van der Waals surface area (Å²) in [6.07, 6.45) is 5.91. The maximum atomic E-state index is 13.2. The third kappa shape index (κ3) is 5.58. The topological polar surface area (TPSA) is 79.6 Å². The SMILES string of the molecule is COc1cncnc1N1CCN(CCn2cnc3sc4c(c3c2=O)CCN(C)C4)CC1.Cl.Cl.Cl. The van der Waals surface area contributed by atoms with Gasteiger partial charge >= 0.3 is 0 Å². The molecule has 0 atom stereocenters. The Morgan fingerprint density at radius 2 is 1.82 bits per heavy atom. The van der Waals surface area contributed by atoms with Gasteiger partial charge in [-0.2, -0.15) is 0 Å². The molecule has 0 saturated carbocycles. The standard InChI is InChI=1S/C21H27N7O2S.3ClH/c1-25-4-3-15-17(12-25)31-20-18(15)21(29)28(14-24-20)10-7-26-5-8-27(9-6-26)19-16(30-2)11-22-13-23-19;;;/h11,13-14H,3-10,12H2,1-2H3;3*1H. The van der Waals surface area contributed by atoms with Crippen molar-refractivity contribution in [1.82, 2.24) is 29.3 Å². The van der Waals surface area contributed by atoms with Crippen LogP contribution in [0.2, 0.25) is 0 Å². The Kier molecular flexibility index (Phi) is 10.3. The number of hydrogen-bond donors (Lipinski definition) is 0. The zero-order chi connectivity index (χ0) is 21.4. The Labute approximate surface area is 221 Å². The first-order valence-electron chi connectivity index (χ1n) is 10.6. The van der Waals surface area contributed by atoms with Crippen LogP contribution in [0.5, 0.6) is 5.75 Å². The van der Waals surface area contributed by atoms with E-state index in [4.69, 9.17) is 4.74 Å². The number of thiophene rings is 1. The zero-order valence-electron chi connectivity index (χ0n) is 19.2. The van der Waals surface area contributed by atoms with Crippen molar-refractivity contribution in [2.24, 2.45) is 0 Å². The van der Waals surface area contributed by atoms with E-state index < -0.39 is 0 Å². The highest BCUT2D eigenvalue weighted by Crippen LogP contribution is 2.31. The molecule has 1 fully saturated rings. The second kappa shape index (κ2) is 12.3. The third-order valence-electron chi connectivity index (χ3n) is 6.23. The lowest BCUT2D eigenvalue weighted by Crippen LogP contribution is -2.48. The van der Waals surface area contributed by atoms with E-state index in [2.05, 4.69) is 36.7 Å². The molecule has 2 aliphatic rings. The second-order valence-electron chi connectivity index (χ2n) is 8.16. The molecular formula is C21H30Cl3N7O2S. The Bertz CT molecular complexity index is 1150. The number of piperazine rings is 1. The van der Waals surface area contributed by atoms with Gasteiger partial charge in [0.2, 0.25) is 0 Å². The van der Waals surface area contributed by atoms with Gasteiger partial charge in [0.05, 0.1) is 25.0 Å². The molecule has 34 heavy (non-hydrogen) atoms. The predicted octanol–water partition coefficient (Wildman–Crippen LogP) is 2.33. The molecule has 0 aliphatic carbocycles. The summed E-state index contributed by atoms with van der Waals surface area (Å²) >= 11 is 1.67. The van der Waals surface area contributed by atoms with E-state index in [0.29, 0.717) is 12.3 Å². The van der Waals surface area contributed by atoms with Crippen LogP contribution in [-0.2, 0) is 19.5 Å².